The molecule has 0 saturated carbocycles. The topological polar surface area (TPSA) is 127 Å². The normalized spacial score (nSPS) is 10.0. The molecule has 1 aromatic heterocycles. The second-order valence-corrected chi connectivity index (χ2v) is 3.33. The van der Waals surface area contributed by atoms with Crippen LogP contribution in [-0.2, 0) is 4.74 Å². The minimum absolute atomic E-state index is 0.0382. The van der Waals surface area contributed by atoms with Crippen LogP contribution < -0.4 is 15.2 Å². The molecule has 0 aliphatic rings. The lowest BCUT2D eigenvalue weighted by atomic mass is 10.2. The van der Waals surface area contributed by atoms with Gasteiger partial charge in [0.2, 0.25) is 5.69 Å². The number of ether oxygens (including phenoxy) is 3. The highest BCUT2D eigenvalue weighted by Crippen LogP contribution is 2.31. The Labute approximate surface area is 108 Å². The average molecular weight is 271 g/mol. The Bertz CT molecular complexity index is 490. The summed E-state index contributed by atoms with van der Waals surface area (Å²) in [5.74, 6) is -1.04. The van der Waals surface area contributed by atoms with Crippen molar-refractivity contribution in [3.8, 4) is 11.6 Å². The number of pyridine rings is 1. The molecule has 1 rings (SSSR count). The maximum atomic E-state index is 11.1. The van der Waals surface area contributed by atoms with Crippen molar-refractivity contribution in [2.24, 2.45) is 5.73 Å². The van der Waals surface area contributed by atoms with Crippen molar-refractivity contribution in [3.63, 3.8) is 0 Å². The minimum Gasteiger partial charge on any atom is -0.485 e. The highest BCUT2D eigenvalue weighted by molar-refractivity contribution is 5.95. The Morgan fingerprint density at radius 2 is 2.16 bits per heavy atom. The number of rotatable bonds is 7. The van der Waals surface area contributed by atoms with Gasteiger partial charge < -0.3 is 19.9 Å². The average Bonchev–Trinajstić information content (AvgIpc) is 2.38. The van der Waals surface area contributed by atoms with Crippen molar-refractivity contribution in [2.45, 2.75) is 0 Å². The predicted octanol–water partition coefficient (Wildman–Crippen LogP) is 0.123. The number of carbonyl (C=O) groups excluding carboxylic acids is 1. The first-order chi connectivity index (χ1) is 9.01. The molecule has 0 radical (unpaired) electrons. The molecule has 0 fully saturated rings. The third kappa shape index (κ3) is 3.52. The van der Waals surface area contributed by atoms with Crippen LogP contribution in [0.25, 0.3) is 0 Å². The van der Waals surface area contributed by atoms with Gasteiger partial charge in [-0.25, -0.2) is 0 Å². The van der Waals surface area contributed by atoms with Gasteiger partial charge in [-0.1, -0.05) is 0 Å². The van der Waals surface area contributed by atoms with E-state index in [1.54, 1.807) is 0 Å². The summed E-state index contributed by atoms with van der Waals surface area (Å²) in [5.41, 5.74) is 4.00. The number of aromatic nitrogens is 1. The van der Waals surface area contributed by atoms with Gasteiger partial charge in [-0.05, 0) is 0 Å². The van der Waals surface area contributed by atoms with E-state index in [4.69, 9.17) is 19.9 Å². The molecule has 0 atom stereocenters. The fourth-order valence-electron chi connectivity index (χ4n) is 1.27. The van der Waals surface area contributed by atoms with E-state index in [1.165, 1.54) is 14.2 Å². The van der Waals surface area contributed by atoms with Crippen LogP contribution in [0.15, 0.2) is 6.07 Å². The molecule has 1 heterocycles. The van der Waals surface area contributed by atoms with E-state index < -0.39 is 22.2 Å². The highest BCUT2D eigenvalue weighted by atomic mass is 16.6. The van der Waals surface area contributed by atoms with Gasteiger partial charge >= 0.3 is 5.69 Å². The van der Waals surface area contributed by atoms with Crippen LogP contribution in [0.5, 0.6) is 11.6 Å². The Morgan fingerprint density at radius 3 is 2.63 bits per heavy atom. The number of methoxy groups -OCH3 is 2. The van der Waals surface area contributed by atoms with Crippen LogP contribution in [0.4, 0.5) is 5.69 Å². The van der Waals surface area contributed by atoms with Crippen LogP contribution >= 0.6 is 0 Å². The third-order valence-corrected chi connectivity index (χ3v) is 2.10. The maximum Gasteiger partial charge on any atom is 0.304 e. The smallest absolute Gasteiger partial charge is 0.304 e. The van der Waals surface area contributed by atoms with Gasteiger partial charge in [-0.3, -0.25) is 14.9 Å². The molecule has 9 nitrogen and oxygen atoms in total. The van der Waals surface area contributed by atoms with E-state index in [-0.39, 0.29) is 24.8 Å². The zero-order chi connectivity index (χ0) is 14.4. The molecule has 1 amide bonds. The number of nitro groups is 1. The zero-order valence-electron chi connectivity index (χ0n) is 10.4. The molecule has 9 heteroatoms. The van der Waals surface area contributed by atoms with Crippen molar-refractivity contribution in [3.05, 3.63) is 21.9 Å². The zero-order valence-corrected chi connectivity index (χ0v) is 10.4. The first-order valence-corrected chi connectivity index (χ1v) is 5.16. The number of nitrogens with zero attached hydrogens (tertiary/aromatic N) is 2. The van der Waals surface area contributed by atoms with Crippen molar-refractivity contribution in [1.29, 1.82) is 0 Å². The van der Waals surface area contributed by atoms with Crippen LogP contribution in [0.1, 0.15) is 10.5 Å². The number of hydrogen-bond donors (Lipinski definition) is 1. The largest absolute Gasteiger partial charge is 0.485 e. The number of nitrogens with two attached hydrogens (primary N) is 1. The van der Waals surface area contributed by atoms with Crippen LogP contribution in [0.3, 0.4) is 0 Å². The Morgan fingerprint density at radius 1 is 1.47 bits per heavy atom. The molecule has 0 bridgehead atoms. The molecule has 1 aromatic rings. The van der Waals surface area contributed by atoms with E-state index in [9.17, 15) is 14.9 Å². The highest BCUT2D eigenvalue weighted by Gasteiger charge is 2.25. The van der Waals surface area contributed by atoms with Crippen molar-refractivity contribution >= 4 is 11.6 Å². The van der Waals surface area contributed by atoms with Gasteiger partial charge in [0, 0.05) is 7.11 Å². The molecule has 0 aliphatic heterocycles. The Kier molecular flexibility index (Phi) is 5.01. The maximum absolute atomic E-state index is 11.1. The first kappa shape index (κ1) is 14.6. The minimum atomic E-state index is -1.02. The van der Waals surface area contributed by atoms with Gasteiger partial charge in [0.15, 0.2) is 5.75 Å². The summed E-state index contributed by atoms with van der Waals surface area (Å²) in [5, 5.41) is 10.8. The molecule has 0 aromatic carbocycles. The number of primary amides is 1. The number of amides is 1. The monoisotopic (exact) mass is 271 g/mol. The van der Waals surface area contributed by atoms with Crippen LogP contribution in [0.2, 0.25) is 0 Å². The molecule has 2 N–H and O–H groups in total. The molecule has 0 spiro atoms. The molecule has 104 valence electrons. The summed E-state index contributed by atoms with van der Waals surface area (Å²) in [4.78, 5) is 24.9. The lowest BCUT2D eigenvalue weighted by molar-refractivity contribution is -0.385. The molecule has 0 unspecified atom stereocenters. The standard InChI is InChI=1S/C10H13N3O6/c1-17-3-4-19-7-5-6(13(15)16)8(9(11)14)12-10(7)18-2/h5H,3-4H2,1-2H3,(H2,11,14). The molecule has 19 heavy (non-hydrogen) atoms. The SMILES string of the molecule is COCCOc1cc([N+](=O)[O-])c(C(N)=O)nc1OC. The lowest BCUT2D eigenvalue weighted by Gasteiger charge is -2.10. The fourth-order valence-corrected chi connectivity index (χ4v) is 1.27. The summed E-state index contributed by atoms with van der Waals surface area (Å²) < 4.78 is 14.9. The number of hydrogen-bond acceptors (Lipinski definition) is 7. The van der Waals surface area contributed by atoms with Crippen molar-refractivity contribution < 1.29 is 23.9 Å². The van der Waals surface area contributed by atoms with Crippen molar-refractivity contribution in [2.75, 3.05) is 27.4 Å². The van der Waals surface area contributed by atoms with Gasteiger partial charge in [0.1, 0.15) is 6.61 Å². The Hall–Kier alpha value is -2.42. The summed E-state index contributed by atoms with van der Waals surface area (Å²) in [6, 6.07) is 1.04. The first-order valence-electron chi connectivity index (χ1n) is 5.16. The van der Waals surface area contributed by atoms with E-state index in [0.717, 1.165) is 6.07 Å². The van der Waals surface area contributed by atoms with Gasteiger partial charge in [0.25, 0.3) is 11.8 Å². The number of carbonyl (C=O) groups is 1. The fraction of sp³-hybridized carbons (Fsp3) is 0.400. The van der Waals surface area contributed by atoms with E-state index in [1.807, 2.05) is 0 Å². The molecular weight excluding hydrogens is 258 g/mol. The van der Waals surface area contributed by atoms with Gasteiger partial charge in [-0.2, -0.15) is 4.98 Å². The third-order valence-electron chi connectivity index (χ3n) is 2.10. The van der Waals surface area contributed by atoms with Gasteiger partial charge in [0.05, 0.1) is 24.7 Å². The summed E-state index contributed by atoms with van der Waals surface area (Å²) in [6.45, 7) is 0.441. The second kappa shape index (κ2) is 6.50. The van der Waals surface area contributed by atoms with Gasteiger partial charge in [-0.15, -0.1) is 0 Å². The van der Waals surface area contributed by atoms with E-state index in [2.05, 4.69) is 4.98 Å². The summed E-state index contributed by atoms with van der Waals surface area (Å²) >= 11 is 0. The molecular formula is C10H13N3O6. The van der Waals surface area contributed by atoms with Crippen LogP contribution in [0, 0.1) is 10.1 Å². The summed E-state index contributed by atoms with van der Waals surface area (Å²) in [6.07, 6.45) is 0. The Balaban J connectivity index is 3.19. The molecule has 0 saturated heterocycles. The van der Waals surface area contributed by atoms with Crippen molar-refractivity contribution in [1.82, 2.24) is 4.98 Å². The summed E-state index contributed by atoms with van der Waals surface area (Å²) in [7, 11) is 2.78. The van der Waals surface area contributed by atoms with E-state index >= 15 is 0 Å². The second-order valence-electron chi connectivity index (χ2n) is 3.33. The van der Waals surface area contributed by atoms with Crippen LogP contribution in [-0.4, -0.2) is 43.2 Å². The quantitative estimate of drug-likeness (QED) is 0.424. The predicted molar refractivity (Wildman–Crippen MR) is 63.3 cm³/mol. The lowest BCUT2D eigenvalue weighted by Crippen LogP contribution is -2.16. The van der Waals surface area contributed by atoms with E-state index in [0.29, 0.717) is 0 Å². The molecule has 0 aliphatic carbocycles.